The van der Waals surface area contributed by atoms with Crippen molar-refractivity contribution in [1.29, 1.82) is 0 Å². The molecule has 25 heavy (non-hydrogen) atoms. The normalized spacial score (nSPS) is 26.4. The Hall–Kier alpha value is -1.64. The van der Waals surface area contributed by atoms with Crippen molar-refractivity contribution in [3.63, 3.8) is 0 Å². The van der Waals surface area contributed by atoms with E-state index in [0.717, 1.165) is 25.0 Å². The van der Waals surface area contributed by atoms with E-state index in [1.807, 2.05) is 0 Å². The molecule has 1 heterocycles. The monoisotopic (exact) mass is 373 g/mol. The average Bonchev–Trinajstić information content (AvgIpc) is 3.34. The first-order valence-electron chi connectivity index (χ1n) is 7.90. The first kappa shape index (κ1) is 18.2. The van der Waals surface area contributed by atoms with Crippen molar-refractivity contribution in [2.24, 2.45) is 0 Å². The van der Waals surface area contributed by atoms with Gasteiger partial charge in [-0.1, -0.05) is 24.3 Å². The van der Waals surface area contributed by atoms with Gasteiger partial charge in [0.1, 0.15) is 6.23 Å². The van der Waals surface area contributed by atoms with Gasteiger partial charge in [-0.25, -0.2) is 8.42 Å². The lowest BCUT2D eigenvalue weighted by Crippen LogP contribution is -2.47. The fraction of sp³-hybridized carbons (Fsp3) is 0.412. The fourth-order valence-corrected chi connectivity index (χ4v) is 4.27. The zero-order chi connectivity index (χ0) is 18.2. The first-order valence-corrected chi connectivity index (χ1v) is 9.56. The van der Waals surface area contributed by atoms with Crippen LogP contribution in [-0.2, 0) is 16.0 Å². The van der Waals surface area contributed by atoms with Crippen LogP contribution in [0.3, 0.4) is 0 Å². The molecule has 1 saturated heterocycles. The molecular weight excluding hydrogens is 355 g/mol. The van der Waals surface area contributed by atoms with Crippen LogP contribution in [0.2, 0.25) is 0 Å². The van der Waals surface area contributed by atoms with Gasteiger partial charge in [0, 0.05) is 12.6 Å². The third-order valence-electron chi connectivity index (χ3n) is 4.32. The maximum Gasteiger partial charge on any atom is 0.416 e. The molecule has 136 valence electrons. The number of nitrogens with zero attached hydrogens (tertiary/aromatic N) is 1. The number of rotatable bonds is 3. The van der Waals surface area contributed by atoms with E-state index in [-0.39, 0.29) is 16.7 Å². The Kier molecular flexibility index (Phi) is 4.78. The number of sulfone groups is 1. The summed E-state index contributed by atoms with van der Waals surface area (Å²) in [6.45, 7) is 0.294. The van der Waals surface area contributed by atoms with E-state index >= 15 is 0 Å². The maximum atomic E-state index is 12.7. The van der Waals surface area contributed by atoms with Crippen LogP contribution >= 0.6 is 0 Å². The molecular formula is C17H18F3NO3S. The van der Waals surface area contributed by atoms with E-state index in [0.29, 0.717) is 12.1 Å². The minimum Gasteiger partial charge on any atom is -0.373 e. The molecule has 1 saturated carbocycles. The summed E-state index contributed by atoms with van der Waals surface area (Å²) in [5, 5.41) is 10.3. The van der Waals surface area contributed by atoms with Crippen LogP contribution in [0.25, 0.3) is 6.08 Å². The fourth-order valence-electron chi connectivity index (χ4n) is 2.84. The Labute approximate surface area is 144 Å². The number of aliphatic hydroxyl groups excluding tert-OH is 1. The highest BCUT2D eigenvalue weighted by Gasteiger charge is 2.41. The number of hydrogen-bond acceptors (Lipinski definition) is 4. The van der Waals surface area contributed by atoms with Crippen molar-refractivity contribution in [3.8, 4) is 0 Å². The van der Waals surface area contributed by atoms with Crippen LogP contribution in [-0.4, -0.2) is 43.0 Å². The number of aliphatic hydroxyl groups is 1. The minimum absolute atomic E-state index is 0.0657. The molecule has 4 nitrogen and oxygen atoms in total. The Balaban J connectivity index is 1.82. The number of alkyl halides is 3. The molecule has 1 aromatic carbocycles. The Morgan fingerprint density at radius 2 is 1.96 bits per heavy atom. The van der Waals surface area contributed by atoms with Crippen molar-refractivity contribution < 1.29 is 26.7 Å². The molecule has 1 unspecified atom stereocenters. The predicted octanol–water partition coefficient (Wildman–Crippen LogP) is 2.81. The van der Waals surface area contributed by atoms with Crippen molar-refractivity contribution in [3.05, 3.63) is 52.4 Å². The molecule has 1 N–H and O–H groups in total. The number of halogens is 3. The van der Waals surface area contributed by atoms with Crippen LogP contribution in [0.15, 0.2) is 41.3 Å². The van der Waals surface area contributed by atoms with Crippen LogP contribution in [0.1, 0.15) is 24.0 Å². The van der Waals surface area contributed by atoms with Gasteiger partial charge in [-0.05, 0) is 36.6 Å². The van der Waals surface area contributed by atoms with Gasteiger partial charge in [-0.2, -0.15) is 13.2 Å². The molecule has 0 amide bonds. The smallest absolute Gasteiger partial charge is 0.373 e. The second-order valence-electron chi connectivity index (χ2n) is 6.21. The van der Waals surface area contributed by atoms with Crippen LogP contribution in [0.5, 0.6) is 0 Å². The van der Waals surface area contributed by atoms with E-state index in [4.69, 9.17) is 0 Å². The van der Waals surface area contributed by atoms with E-state index in [1.165, 1.54) is 30.4 Å². The second-order valence-corrected chi connectivity index (χ2v) is 8.32. The minimum atomic E-state index is -4.43. The summed E-state index contributed by atoms with van der Waals surface area (Å²) in [6.07, 6.45) is 0.264. The summed E-state index contributed by atoms with van der Waals surface area (Å²) in [7, 11) is -3.56. The van der Waals surface area contributed by atoms with Gasteiger partial charge in [0.15, 0.2) is 9.84 Å². The molecule has 0 spiro atoms. The molecule has 1 aliphatic carbocycles. The zero-order valence-corrected chi connectivity index (χ0v) is 14.1. The van der Waals surface area contributed by atoms with Crippen molar-refractivity contribution in [1.82, 2.24) is 4.90 Å². The van der Waals surface area contributed by atoms with Gasteiger partial charge >= 0.3 is 6.18 Å². The largest absolute Gasteiger partial charge is 0.416 e. The van der Waals surface area contributed by atoms with Crippen LogP contribution in [0, 0.1) is 0 Å². The Morgan fingerprint density at radius 1 is 1.24 bits per heavy atom. The van der Waals surface area contributed by atoms with E-state index in [2.05, 4.69) is 0 Å². The molecule has 1 aromatic rings. The van der Waals surface area contributed by atoms with E-state index < -0.39 is 27.8 Å². The van der Waals surface area contributed by atoms with Crippen LogP contribution < -0.4 is 0 Å². The topological polar surface area (TPSA) is 57.6 Å². The molecule has 0 radical (unpaired) electrons. The summed E-state index contributed by atoms with van der Waals surface area (Å²) >= 11 is 0. The zero-order valence-electron chi connectivity index (χ0n) is 13.3. The number of hydrogen-bond donors (Lipinski definition) is 1. The molecule has 0 aromatic heterocycles. The number of allylic oxidation sites excluding steroid dienone is 2. The standard InChI is InChI=1S/C17H18F3NO3S/c18-17(19,20)13-5-1-3-12(11-13)4-2-6-15-16(22)21(14-7-8-14)9-10-25(15,23)24/h1-6,11,14,16,22H,7-10H2/b4-2+,15-6+. The van der Waals surface area contributed by atoms with Gasteiger partial charge in [0.25, 0.3) is 0 Å². The van der Waals surface area contributed by atoms with Crippen molar-refractivity contribution >= 4 is 15.9 Å². The molecule has 1 aliphatic heterocycles. The molecule has 8 heteroatoms. The average molecular weight is 373 g/mol. The molecule has 3 rings (SSSR count). The molecule has 2 fully saturated rings. The third-order valence-corrected chi connectivity index (χ3v) is 6.11. The lowest BCUT2D eigenvalue weighted by molar-refractivity contribution is -0.137. The lowest BCUT2D eigenvalue weighted by atomic mass is 10.1. The molecule has 0 bridgehead atoms. The predicted molar refractivity (Wildman–Crippen MR) is 88.1 cm³/mol. The van der Waals surface area contributed by atoms with Gasteiger partial charge in [0.2, 0.25) is 0 Å². The number of benzene rings is 1. The van der Waals surface area contributed by atoms with Crippen molar-refractivity contribution in [2.45, 2.75) is 31.3 Å². The third kappa shape index (κ3) is 4.13. The van der Waals surface area contributed by atoms with Crippen molar-refractivity contribution in [2.75, 3.05) is 12.3 Å². The summed E-state index contributed by atoms with van der Waals surface area (Å²) in [5.41, 5.74) is -0.471. The maximum absolute atomic E-state index is 12.7. The second kappa shape index (κ2) is 6.59. The van der Waals surface area contributed by atoms with E-state index in [9.17, 15) is 26.7 Å². The van der Waals surface area contributed by atoms with E-state index in [1.54, 1.807) is 4.90 Å². The Morgan fingerprint density at radius 3 is 2.60 bits per heavy atom. The highest BCUT2D eigenvalue weighted by atomic mass is 32.2. The quantitative estimate of drug-likeness (QED) is 0.885. The summed E-state index contributed by atoms with van der Waals surface area (Å²) in [5.74, 6) is -0.0657. The SMILES string of the molecule is O=S1(=O)CCN(C2CC2)C(O)/C1=C\C=C\c1cccc(C(F)(F)F)c1. The molecule has 1 atom stereocenters. The first-order chi connectivity index (χ1) is 11.7. The summed E-state index contributed by atoms with van der Waals surface area (Å²) in [6, 6.07) is 4.94. The Bertz CT molecular complexity index is 811. The lowest BCUT2D eigenvalue weighted by Gasteiger charge is -2.33. The van der Waals surface area contributed by atoms with Gasteiger partial charge in [0.05, 0.1) is 16.2 Å². The molecule has 2 aliphatic rings. The van der Waals surface area contributed by atoms with Gasteiger partial charge in [-0.15, -0.1) is 0 Å². The summed E-state index contributed by atoms with van der Waals surface area (Å²) < 4.78 is 62.5. The highest BCUT2D eigenvalue weighted by Crippen LogP contribution is 2.34. The van der Waals surface area contributed by atoms with Gasteiger partial charge in [-0.3, -0.25) is 4.90 Å². The highest BCUT2D eigenvalue weighted by molar-refractivity contribution is 7.95. The summed E-state index contributed by atoms with van der Waals surface area (Å²) in [4.78, 5) is 1.65. The van der Waals surface area contributed by atoms with Gasteiger partial charge < -0.3 is 5.11 Å². The van der Waals surface area contributed by atoms with Crippen LogP contribution in [0.4, 0.5) is 13.2 Å².